The summed E-state index contributed by atoms with van der Waals surface area (Å²) in [6.07, 6.45) is 0.899. The second-order valence-electron chi connectivity index (χ2n) is 5.42. The Kier molecular flexibility index (Phi) is 5.52. The number of rotatable bonds is 7. The SMILES string of the molecule is CN(C)CCN(Cc1ccccc1)c1cccc(C=O)c1. The third kappa shape index (κ3) is 4.72. The van der Waals surface area contributed by atoms with Crippen LogP contribution in [0.2, 0.25) is 0 Å². The van der Waals surface area contributed by atoms with Gasteiger partial charge in [0.05, 0.1) is 0 Å². The fourth-order valence-electron chi connectivity index (χ4n) is 2.22. The first-order valence-corrected chi connectivity index (χ1v) is 7.18. The third-order valence-corrected chi connectivity index (χ3v) is 3.40. The first kappa shape index (κ1) is 15.3. The number of benzene rings is 2. The molecule has 2 aromatic rings. The molecule has 0 heterocycles. The van der Waals surface area contributed by atoms with Crippen LogP contribution in [-0.4, -0.2) is 38.4 Å². The first-order chi connectivity index (χ1) is 10.2. The van der Waals surface area contributed by atoms with Crippen LogP contribution in [0.15, 0.2) is 54.6 Å². The molecule has 110 valence electrons. The zero-order valence-electron chi connectivity index (χ0n) is 12.7. The minimum atomic E-state index is 0.718. The average Bonchev–Trinajstić information content (AvgIpc) is 2.52. The molecule has 0 radical (unpaired) electrons. The molecule has 0 unspecified atom stereocenters. The summed E-state index contributed by atoms with van der Waals surface area (Å²) >= 11 is 0. The van der Waals surface area contributed by atoms with Crippen molar-refractivity contribution in [3.8, 4) is 0 Å². The van der Waals surface area contributed by atoms with Crippen LogP contribution in [-0.2, 0) is 6.54 Å². The van der Waals surface area contributed by atoms with Gasteiger partial charge >= 0.3 is 0 Å². The number of carbonyl (C=O) groups is 1. The number of anilines is 1. The van der Waals surface area contributed by atoms with Crippen molar-refractivity contribution in [2.24, 2.45) is 0 Å². The molecule has 0 aliphatic carbocycles. The molecule has 21 heavy (non-hydrogen) atoms. The molecule has 0 N–H and O–H groups in total. The lowest BCUT2D eigenvalue weighted by atomic mass is 10.1. The normalized spacial score (nSPS) is 10.6. The summed E-state index contributed by atoms with van der Waals surface area (Å²) in [4.78, 5) is 15.5. The Balaban J connectivity index is 2.20. The monoisotopic (exact) mass is 282 g/mol. The van der Waals surface area contributed by atoms with Crippen molar-refractivity contribution in [3.63, 3.8) is 0 Å². The number of hydrogen-bond acceptors (Lipinski definition) is 3. The minimum absolute atomic E-state index is 0.718. The van der Waals surface area contributed by atoms with E-state index in [0.29, 0.717) is 0 Å². The Morgan fingerprint density at radius 2 is 1.71 bits per heavy atom. The predicted octanol–water partition coefficient (Wildman–Crippen LogP) is 3.07. The van der Waals surface area contributed by atoms with Gasteiger partial charge in [-0.3, -0.25) is 4.79 Å². The Morgan fingerprint density at radius 1 is 0.952 bits per heavy atom. The van der Waals surface area contributed by atoms with Crippen molar-refractivity contribution in [2.45, 2.75) is 6.54 Å². The standard InChI is InChI=1S/C18H22N2O/c1-19(2)11-12-20(14-16-7-4-3-5-8-16)18-10-6-9-17(13-18)15-21/h3-10,13,15H,11-12,14H2,1-2H3. The molecule has 0 bridgehead atoms. The summed E-state index contributed by atoms with van der Waals surface area (Å²) in [6, 6.07) is 18.2. The van der Waals surface area contributed by atoms with E-state index in [9.17, 15) is 4.79 Å². The summed E-state index contributed by atoms with van der Waals surface area (Å²) in [5.41, 5.74) is 3.08. The van der Waals surface area contributed by atoms with Crippen molar-refractivity contribution < 1.29 is 4.79 Å². The molecule has 3 heteroatoms. The Hall–Kier alpha value is -2.13. The number of likely N-dealkylation sites (N-methyl/N-ethyl adjacent to an activating group) is 1. The zero-order chi connectivity index (χ0) is 15.1. The highest BCUT2D eigenvalue weighted by molar-refractivity contribution is 5.77. The smallest absolute Gasteiger partial charge is 0.150 e. The van der Waals surface area contributed by atoms with Crippen LogP contribution < -0.4 is 4.90 Å². The van der Waals surface area contributed by atoms with E-state index >= 15 is 0 Å². The van der Waals surface area contributed by atoms with Crippen molar-refractivity contribution in [1.82, 2.24) is 4.90 Å². The van der Waals surface area contributed by atoms with E-state index in [1.54, 1.807) is 0 Å². The molecule has 0 amide bonds. The van der Waals surface area contributed by atoms with Crippen LogP contribution in [0.25, 0.3) is 0 Å². The number of nitrogens with zero attached hydrogens (tertiary/aromatic N) is 2. The van der Waals surface area contributed by atoms with E-state index in [1.165, 1.54) is 5.56 Å². The molecule has 0 aliphatic rings. The lowest BCUT2D eigenvalue weighted by Crippen LogP contribution is -2.31. The molecule has 0 saturated carbocycles. The first-order valence-electron chi connectivity index (χ1n) is 7.18. The van der Waals surface area contributed by atoms with Crippen molar-refractivity contribution in [3.05, 3.63) is 65.7 Å². The largest absolute Gasteiger partial charge is 0.366 e. The van der Waals surface area contributed by atoms with E-state index < -0.39 is 0 Å². The summed E-state index contributed by atoms with van der Waals surface area (Å²) in [6.45, 7) is 2.74. The van der Waals surface area contributed by atoms with Crippen molar-refractivity contribution in [2.75, 3.05) is 32.1 Å². The highest BCUT2D eigenvalue weighted by atomic mass is 16.1. The molecule has 0 saturated heterocycles. The van der Waals surface area contributed by atoms with Gasteiger partial charge in [0.15, 0.2) is 0 Å². The minimum Gasteiger partial charge on any atom is -0.366 e. The molecule has 0 spiro atoms. The molecule has 0 atom stereocenters. The van der Waals surface area contributed by atoms with E-state index in [2.05, 4.69) is 54.2 Å². The van der Waals surface area contributed by atoms with Gasteiger partial charge in [0.2, 0.25) is 0 Å². The molecular weight excluding hydrogens is 260 g/mol. The van der Waals surface area contributed by atoms with Crippen LogP contribution in [0.4, 0.5) is 5.69 Å². The van der Waals surface area contributed by atoms with Gasteiger partial charge < -0.3 is 9.80 Å². The van der Waals surface area contributed by atoms with Crippen molar-refractivity contribution in [1.29, 1.82) is 0 Å². The summed E-state index contributed by atoms with van der Waals surface area (Å²) in [5, 5.41) is 0. The van der Waals surface area contributed by atoms with Crippen LogP contribution >= 0.6 is 0 Å². The average molecular weight is 282 g/mol. The van der Waals surface area contributed by atoms with Gasteiger partial charge in [-0.25, -0.2) is 0 Å². The summed E-state index contributed by atoms with van der Waals surface area (Å²) in [7, 11) is 4.14. The van der Waals surface area contributed by atoms with Gasteiger partial charge in [-0.2, -0.15) is 0 Å². The van der Waals surface area contributed by atoms with Crippen LogP contribution in [0, 0.1) is 0 Å². The van der Waals surface area contributed by atoms with E-state index in [1.807, 2.05) is 24.3 Å². The van der Waals surface area contributed by atoms with Crippen molar-refractivity contribution >= 4 is 12.0 Å². The van der Waals surface area contributed by atoms with Gasteiger partial charge in [0.1, 0.15) is 6.29 Å². The lowest BCUT2D eigenvalue weighted by Gasteiger charge is -2.27. The molecule has 0 fully saturated rings. The highest BCUT2D eigenvalue weighted by Crippen LogP contribution is 2.18. The fourth-order valence-corrected chi connectivity index (χ4v) is 2.22. The lowest BCUT2D eigenvalue weighted by molar-refractivity contribution is 0.112. The second-order valence-corrected chi connectivity index (χ2v) is 5.42. The van der Waals surface area contributed by atoms with E-state index in [0.717, 1.165) is 37.2 Å². The van der Waals surface area contributed by atoms with Gasteiger partial charge in [-0.1, -0.05) is 42.5 Å². The maximum atomic E-state index is 11.0. The van der Waals surface area contributed by atoms with E-state index in [-0.39, 0.29) is 0 Å². The number of aldehydes is 1. The maximum absolute atomic E-state index is 11.0. The number of hydrogen-bond donors (Lipinski definition) is 0. The van der Waals surface area contributed by atoms with Gasteiger partial charge in [-0.15, -0.1) is 0 Å². The predicted molar refractivity (Wildman–Crippen MR) is 87.9 cm³/mol. The van der Waals surface area contributed by atoms with Gasteiger partial charge in [-0.05, 0) is 31.8 Å². The second kappa shape index (κ2) is 7.60. The van der Waals surface area contributed by atoms with E-state index in [4.69, 9.17) is 0 Å². The van der Waals surface area contributed by atoms with Crippen LogP contribution in [0.5, 0.6) is 0 Å². The molecule has 2 aromatic carbocycles. The van der Waals surface area contributed by atoms with Gasteiger partial charge in [0, 0.05) is 30.9 Å². The Labute approximate surface area is 126 Å². The topological polar surface area (TPSA) is 23.6 Å². The quantitative estimate of drug-likeness (QED) is 0.729. The molecular formula is C18H22N2O. The molecule has 2 rings (SSSR count). The number of carbonyl (C=O) groups excluding carboxylic acids is 1. The fraction of sp³-hybridized carbons (Fsp3) is 0.278. The molecule has 3 nitrogen and oxygen atoms in total. The Morgan fingerprint density at radius 3 is 2.38 bits per heavy atom. The molecule has 0 aliphatic heterocycles. The van der Waals surface area contributed by atoms with Crippen LogP contribution in [0.3, 0.4) is 0 Å². The van der Waals surface area contributed by atoms with Crippen LogP contribution in [0.1, 0.15) is 15.9 Å². The third-order valence-electron chi connectivity index (χ3n) is 3.40. The summed E-state index contributed by atoms with van der Waals surface area (Å²) < 4.78 is 0. The van der Waals surface area contributed by atoms with Gasteiger partial charge in [0.25, 0.3) is 0 Å². The molecule has 0 aromatic heterocycles. The summed E-state index contributed by atoms with van der Waals surface area (Å²) in [5.74, 6) is 0. The zero-order valence-corrected chi connectivity index (χ0v) is 12.7. The Bertz CT molecular complexity index is 566. The maximum Gasteiger partial charge on any atom is 0.150 e. The highest BCUT2D eigenvalue weighted by Gasteiger charge is 2.08.